The standard InChI is InChI=1S/C5H6N.3C4H5N2.C3H4N3.5C2H6/c1-5-3-2-4-6-5;1-4-2-5-3-6-4;1-4-5-2-3-6-4;1-4-2-3-5-6-4;1-3-4-2-5-6-3;5*1-2/h2-4H,1H3;3*2-3H,1H3;2H,1H3;5*1-2H3/q5*-1;;;;;. The van der Waals surface area contributed by atoms with Crippen molar-refractivity contribution in [2.45, 2.75) is 104 Å². The molecule has 0 aliphatic carbocycles. The lowest BCUT2D eigenvalue weighted by Gasteiger charge is -1.88. The SMILES string of the molecule is CC.CC.CC.CC.CC.Cc1c[n-]cn1.Cc1cc[n-]n1.Cc1ccc[n-]1.Cc1ncc[n-]1.Cc1nnc[n-]1. The molecule has 5 aromatic heterocycles. The van der Waals surface area contributed by atoms with Gasteiger partial charge in [-0.2, -0.15) is 18.1 Å². The van der Waals surface area contributed by atoms with Crippen molar-refractivity contribution in [1.29, 1.82) is 0 Å². The predicted molar refractivity (Wildman–Crippen MR) is 168 cm³/mol. The maximum absolute atomic E-state index is 3.92. The quantitative estimate of drug-likeness (QED) is 0.199. The van der Waals surface area contributed by atoms with E-state index in [4.69, 9.17) is 0 Å². The smallest absolute Gasteiger partial charge is 0.0128 e. The molecule has 0 fully saturated rings. The van der Waals surface area contributed by atoms with Gasteiger partial charge in [0.05, 0.1) is 0 Å². The number of hydrogen-bond donors (Lipinski definition) is 0. The van der Waals surface area contributed by atoms with Crippen LogP contribution >= 0.6 is 0 Å². The van der Waals surface area contributed by atoms with Crippen molar-refractivity contribution >= 4 is 0 Å². The minimum absolute atomic E-state index is 0.731. The van der Waals surface area contributed by atoms with E-state index in [0.717, 1.165) is 28.7 Å². The van der Waals surface area contributed by atoms with Crippen LogP contribution < -0.4 is 25.0 Å². The minimum Gasteiger partial charge on any atom is -0.668 e. The van der Waals surface area contributed by atoms with Crippen LogP contribution in [0.15, 0.2) is 61.8 Å². The Kier molecular flexibility index (Phi) is 48.4. The summed E-state index contributed by atoms with van der Waals surface area (Å²) >= 11 is 0. The monoisotopic (exact) mass is 555 g/mol. The summed E-state index contributed by atoms with van der Waals surface area (Å²) in [5.41, 5.74) is 3.06. The van der Waals surface area contributed by atoms with Crippen LogP contribution in [0.4, 0.5) is 0 Å². The Labute approximate surface area is 244 Å². The Morgan fingerprint density at radius 2 is 1.20 bits per heavy atom. The number of aryl methyl sites for hydroxylation is 5. The number of nitrogens with zero attached hydrogens (tertiary/aromatic N) is 10. The highest BCUT2D eigenvalue weighted by Crippen LogP contribution is 1.85. The maximum atomic E-state index is 3.92. The first-order chi connectivity index (χ1) is 19.5. The molecule has 0 N–H and O–H groups in total. The zero-order chi connectivity index (χ0) is 32.0. The predicted octanol–water partition coefficient (Wildman–Crippen LogP) is 6.87. The second kappa shape index (κ2) is 42.2. The van der Waals surface area contributed by atoms with Crippen molar-refractivity contribution in [3.8, 4) is 0 Å². The third-order valence-corrected chi connectivity index (χ3v) is 2.98. The summed E-state index contributed by atoms with van der Waals surface area (Å²) in [4.78, 5) is 22.7. The van der Waals surface area contributed by atoms with Crippen LogP contribution in [0.2, 0.25) is 0 Å². The largest absolute Gasteiger partial charge is 0.668 e. The number of hydrogen-bond acceptors (Lipinski definition) is 5. The third kappa shape index (κ3) is 38.6. The van der Waals surface area contributed by atoms with Gasteiger partial charge < -0.3 is 50.3 Å². The summed E-state index contributed by atoms with van der Waals surface area (Å²) < 4.78 is 0. The molecule has 230 valence electrons. The molecule has 0 saturated heterocycles. The van der Waals surface area contributed by atoms with Crippen LogP contribution in [0.5, 0.6) is 0 Å². The number of aromatic nitrogens is 10. The lowest BCUT2D eigenvalue weighted by Crippen LogP contribution is -1.71. The molecule has 0 aliphatic heterocycles. The Balaban J connectivity index is -0.000000118. The van der Waals surface area contributed by atoms with Gasteiger partial charge in [-0.1, -0.05) is 131 Å². The Morgan fingerprint density at radius 3 is 1.32 bits per heavy atom. The van der Waals surface area contributed by atoms with Crippen molar-refractivity contribution in [3.63, 3.8) is 0 Å². The molecule has 0 unspecified atom stereocenters. The van der Waals surface area contributed by atoms with E-state index in [9.17, 15) is 0 Å². The van der Waals surface area contributed by atoms with Gasteiger partial charge in [0.25, 0.3) is 0 Å². The molecule has 0 saturated carbocycles. The normalized spacial score (nSPS) is 7.38. The Bertz CT molecular complexity index is 738. The van der Waals surface area contributed by atoms with Gasteiger partial charge in [-0.25, -0.2) is 0 Å². The zero-order valence-corrected chi connectivity index (χ0v) is 27.7. The third-order valence-electron chi connectivity index (χ3n) is 2.98. The summed E-state index contributed by atoms with van der Waals surface area (Å²) in [5, 5.41) is 14.3. The molecule has 0 aromatic carbocycles. The summed E-state index contributed by atoms with van der Waals surface area (Å²) in [7, 11) is 0. The molecule has 10 heteroatoms. The van der Waals surface area contributed by atoms with Gasteiger partial charge in [-0.15, -0.1) is 0 Å². The van der Waals surface area contributed by atoms with E-state index >= 15 is 0 Å². The summed E-state index contributed by atoms with van der Waals surface area (Å²) in [6.07, 6.45) is 11.5. The van der Waals surface area contributed by atoms with Crippen LogP contribution in [0.1, 0.15) is 98.0 Å². The highest BCUT2D eigenvalue weighted by Gasteiger charge is 1.66. The van der Waals surface area contributed by atoms with E-state index in [1.54, 1.807) is 37.9 Å². The highest BCUT2D eigenvalue weighted by atomic mass is 15.2. The molecule has 40 heavy (non-hydrogen) atoms. The fraction of sp³-hybridized carbons (Fsp3) is 0.500. The molecular formula is C30H55N10-5. The van der Waals surface area contributed by atoms with E-state index < -0.39 is 0 Å². The number of imidazole rings is 2. The van der Waals surface area contributed by atoms with Gasteiger partial charge in [0, 0.05) is 5.69 Å². The Hall–Kier alpha value is -3.95. The van der Waals surface area contributed by atoms with Crippen LogP contribution in [0, 0.1) is 34.6 Å². The fourth-order valence-electron chi connectivity index (χ4n) is 1.54. The average Bonchev–Trinajstić information content (AvgIpc) is 3.86. The topological polar surface area (TPSA) is 135 Å². The maximum Gasteiger partial charge on any atom is 0.0128 e. The molecule has 5 aromatic rings. The van der Waals surface area contributed by atoms with E-state index in [1.807, 2.05) is 115 Å². The molecule has 10 nitrogen and oxygen atoms in total. The van der Waals surface area contributed by atoms with Crippen LogP contribution in [-0.2, 0) is 0 Å². The van der Waals surface area contributed by atoms with Crippen molar-refractivity contribution in [2.24, 2.45) is 0 Å². The van der Waals surface area contributed by atoms with E-state index in [1.165, 1.54) is 12.7 Å². The molecule has 0 amide bonds. The molecule has 0 aliphatic rings. The van der Waals surface area contributed by atoms with E-state index in [0.29, 0.717) is 0 Å². The molecular weight excluding hydrogens is 500 g/mol. The summed E-state index contributed by atoms with van der Waals surface area (Å²) in [5.74, 6) is 1.57. The van der Waals surface area contributed by atoms with Crippen LogP contribution in [0.3, 0.4) is 0 Å². The van der Waals surface area contributed by atoms with Crippen LogP contribution in [-0.4, -0.2) is 25.3 Å². The molecule has 0 bridgehead atoms. The molecule has 5 heterocycles. The first-order valence-corrected chi connectivity index (χ1v) is 14.0. The van der Waals surface area contributed by atoms with E-state index in [-0.39, 0.29) is 0 Å². The minimum atomic E-state index is 0.731. The van der Waals surface area contributed by atoms with Crippen molar-refractivity contribution in [2.75, 3.05) is 0 Å². The molecule has 0 radical (unpaired) electrons. The Morgan fingerprint density at radius 1 is 0.575 bits per heavy atom. The second-order valence-electron chi connectivity index (χ2n) is 5.73. The summed E-state index contributed by atoms with van der Waals surface area (Å²) in [6, 6.07) is 5.76. The molecule has 0 spiro atoms. The average molecular weight is 556 g/mol. The number of rotatable bonds is 0. The first-order valence-electron chi connectivity index (χ1n) is 14.0. The zero-order valence-electron chi connectivity index (χ0n) is 27.7. The van der Waals surface area contributed by atoms with Gasteiger partial charge in [0.1, 0.15) is 0 Å². The lowest BCUT2D eigenvalue weighted by atomic mass is 10.5. The lowest BCUT2D eigenvalue weighted by molar-refractivity contribution is 1.02. The molecule has 0 atom stereocenters. The van der Waals surface area contributed by atoms with E-state index in [2.05, 4.69) is 50.3 Å². The van der Waals surface area contributed by atoms with Gasteiger partial charge in [0.15, 0.2) is 0 Å². The fourth-order valence-corrected chi connectivity index (χ4v) is 1.54. The first kappa shape index (κ1) is 45.9. The van der Waals surface area contributed by atoms with Gasteiger partial charge >= 0.3 is 0 Å². The van der Waals surface area contributed by atoms with Gasteiger partial charge in [-0.05, 0) is 39.8 Å². The van der Waals surface area contributed by atoms with Crippen molar-refractivity contribution in [3.05, 3.63) is 90.6 Å². The van der Waals surface area contributed by atoms with Gasteiger partial charge in [-0.3, -0.25) is 0 Å². The highest BCUT2D eigenvalue weighted by molar-refractivity contribution is 4.99. The van der Waals surface area contributed by atoms with Gasteiger partial charge in [0.2, 0.25) is 0 Å². The van der Waals surface area contributed by atoms with Crippen LogP contribution in [0.25, 0.3) is 0 Å². The van der Waals surface area contributed by atoms with Crippen molar-refractivity contribution in [1.82, 2.24) is 50.3 Å². The van der Waals surface area contributed by atoms with Crippen molar-refractivity contribution < 1.29 is 0 Å². The molecule has 5 rings (SSSR count). The summed E-state index contributed by atoms with van der Waals surface area (Å²) in [6.45, 7) is 29.5. The second-order valence-corrected chi connectivity index (χ2v) is 5.73.